The summed E-state index contributed by atoms with van der Waals surface area (Å²) in [6, 6.07) is 7.85. The van der Waals surface area contributed by atoms with Crippen LogP contribution >= 0.6 is 11.6 Å². The van der Waals surface area contributed by atoms with Crippen LogP contribution in [-0.2, 0) is 0 Å². The van der Waals surface area contributed by atoms with E-state index in [-0.39, 0.29) is 6.04 Å². The van der Waals surface area contributed by atoms with Gasteiger partial charge in [0.05, 0.1) is 11.8 Å². The van der Waals surface area contributed by atoms with Crippen LogP contribution in [0.2, 0.25) is 5.02 Å². The summed E-state index contributed by atoms with van der Waals surface area (Å²) >= 11 is 5.86. The van der Waals surface area contributed by atoms with Crippen molar-refractivity contribution in [1.29, 1.82) is 0 Å². The van der Waals surface area contributed by atoms with Gasteiger partial charge in [-0.05, 0) is 49.4 Å². The standard InChI is InChI=1S/C13H15ClN2O/c14-10-3-5-11(6-4-10)15-12-8-1-2-9(7-8)13(12)16-17/h3-6,8-9,12,15,17H,1-2,7H2/b16-13+. The zero-order chi connectivity index (χ0) is 11.8. The number of nitrogens with one attached hydrogen (secondary N) is 1. The third-order valence-electron chi connectivity index (χ3n) is 3.96. The zero-order valence-corrected chi connectivity index (χ0v) is 10.2. The number of nitrogens with zero attached hydrogens (tertiary/aromatic N) is 1. The number of halogens is 1. The fraction of sp³-hybridized carbons (Fsp3) is 0.462. The van der Waals surface area contributed by atoms with E-state index in [0.717, 1.165) is 22.8 Å². The van der Waals surface area contributed by atoms with Crippen molar-refractivity contribution in [2.24, 2.45) is 17.0 Å². The molecule has 0 heterocycles. The Bertz CT molecular complexity index is 443. The molecule has 0 aromatic heterocycles. The number of hydrogen-bond acceptors (Lipinski definition) is 3. The molecule has 0 amide bonds. The van der Waals surface area contributed by atoms with Crippen LogP contribution in [0.3, 0.4) is 0 Å². The lowest BCUT2D eigenvalue weighted by molar-refractivity contribution is 0.312. The molecule has 0 saturated heterocycles. The van der Waals surface area contributed by atoms with Gasteiger partial charge in [-0.2, -0.15) is 0 Å². The molecule has 3 rings (SSSR count). The summed E-state index contributed by atoms with van der Waals surface area (Å²) in [7, 11) is 0. The van der Waals surface area contributed by atoms with Gasteiger partial charge < -0.3 is 10.5 Å². The lowest BCUT2D eigenvalue weighted by Crippen LogP contribution is -2.35. The number of benzene rings is 1. The highest BCUT2D eigenvalue weighted by Gasteiger charge is 2.45. The van der Waals surface area contributed by atoms with E-state index >= 15 is 0 Å². The Labute approximate surface area is 105 Å². The molecule has 2 aliphatic carbocycles. The highest BCUT2D eigenvalue weighted by atomic mass is 35.5. The number of rotatable bonds is 2. The van der Waals surface area contributed by atoms with Crippen LogP contribution in [-0.4, -0.2) is 17.0 Å². The topological polar surface area (TPSA) is 44.6 Å². The summed E-state index contributed by atoms with van der Waals surface area (Å²) in [6.45, 7) is 0. The molecule has 2 N–H and O–H groups in total. The molecule has 0 aliphatic heterocycles. The lowest BCUT2D eigenvalue weighted by Gasteiger charge is -2.24. The molecule has 0 radical (unpaired) electrons. The molecule has 0 spiro atoms. The molecule has 4 heteroatoms. The van der Waals surface area contributed by atoms with E-state index in [1.54, 1.807) is 0 Å². The van der Waals surface area contributed by atoms with Crippen molar-refractivity contribution >= 4 is 23.0 Å². The van der Waals surface area contributed by atoms with Gasteiger partial charge in [0.15, 0.2) is 0 Å². The predicted octanol–water partition coefficient (Wildman–Crippen LogP) is 3.38. The average Bonchev–Trinajstić information content (AvgIpc) is 2.92. The maximum Gasteiger partial charge on any atom is 0.0826 e. The molecule has 17 heavy (non-hydrogen) atoms. The molecular formula is C13H15ClN2O. The average molecular weight is 251 g/mol. The summed E-state index contributed by atoms with van der Waals surface area (Å²) in [4.78, 5) is 0. The van der Waals surface area contributed by atoms with Gasteiger partial charge in [-0.15, -0.1) is 0 Å². The van der Waals surface area contributed by atoms with E-state index in [2.05, 4.69) is 10.5 Å². The van der Waals surface area contributed by atoms with Crippen LogP contribution in [0.4, 0.5) is 5.69 Å². The van der Waals surface area contributed by atoms with Crippen LogP contribution in [0.25, 0.3) is 0 Å². The first-order chi connectivity index (χ1) is 8.28. The molecule has 3 unspecified atom stereocenters. The van der Waals surface area contributed by atoms with Crippen LogP contribution in [0.1, 0.15) is 19.3 Å². The van der Waals surface area contributed by atoms with Gasteiger partial charge in [0, 0.05) is 16.6 Å². The number of hydrogen-bond donors (Lipinski definition) is 2. The minimum Gasteiger partial charge on any atom is -0.411 e. The Morgan fingerprint density at radius 3 is 2.71 bits per heavy atom. The highest BCUT2D eigenvalue weighted by molar-refractivity contribution is 6.30. The minimum absolute atomic E-state index is 0.194. The van der Waals surface area contributed by atoms with Crippen molar-refractivity contribution in [3.63, 3.8) is 0 Å². The maximum absolute atomic E-state index is 9.11. The third kappa shape index (κ3) is 1.89. The molecule has 3 nitrogen and oxygen atoms in total. The summed E-state index contributed by atoms with van der Waals surface area (Å²) in [5.74, 6) is 1.09. The predicted molar refractivity (Wildman–Crippen MR) is 68.9 cm³/mol. The first-order valence-electron chi connectivity index (χ1n) is 6.02. The fourth-order valence-electron chi connectivity index (χ4n) is 3.14. The van der Waals surface area contributed by atoms with Crippen LogP contribution in [0.15, 0.2) is 29.4 Å². The quantitative estimate of drug-likeness (QED) is 0.624. The van der Waals surface area contributed by atoms with Gasteiger partial charge in [-0.3, -0.25) is 0 Å². The smallest absolute Gasteiger partial charge is 0.0826 e. The van der Waals surface area contributed by atoms with Crippen molar-refractivity contribution in [3.05, 3.63) is 29.3 Å². The van der Waals surface area contributed by atoms with E-state index in [0.29, 0.717) is 11.8 Å². The van der Waals surface area contributed by atoms with Gasteiger partial charge in [-0.25, -0.2) is 0 Å². The van der Waals surface area contributed by atoms with Crippen LogP contribution in [0.5, 0.6) is 0 Å². The van der Waals surface area contributed by atoms with Crippen LogP contribution in [0, 0.1) is 11.8 Å². The SMILES string of the molecule is O/N=C1\C2CCC(C2)C1Nc1ccc(Cl)cc1. The second-order valence-electron chi connectivity index (χ2n) is 4.92. The Balaban J connectivity index is 1.79. The molecular weight excluding hydrogens is 236 g/mol. The Morgan fingerprint density at radius 1 is 1.24 bits per heavy atom. The fourth-order valence-corrected chi connectivity index (χ4v) is 3.27. The van der Waals surface area contributed by atoms with Crippen molar-refractivity contribution in [2.75, 3.05) is 5.32 Å². The largest absolute Gasteiger partial charge is 0.411 e. The minimum atomic E-state index is 0.194. The Hall–Kier alpha value is -1.22. The second kappa shape index (κ2) is 4.22. The molecule has 90 valence electrons. The highest BCUT2D eigenvalue weighted by Crippen LogP contribution is 2.43. The zero-order valence-electron chi connectivity index (χ0n) is 9.44. The van der Waals surface area contributed by atoms with E-state index in [4.69, 9.17) is 16.8 Å². The normalized spacial score (nSPS) is 33.2. The van der Waals surface area contributed by atoms with Crippen molar-refractivity contribution in [2.45, 2.75) is 25.3 Å². The first kappa shape index (κ1) is 10.9. The van der Waals surface area contributed by atoms with Gasteiger partial charge in [0.1, 0.15) is 0 Å². The Morgan fingerprint density at radius 2 is 2.00 bits per heavy atom. The second-order valence-corrected chi connectivity index (χ2v) is 5.36. The van der Waals surface area contributed by atoms with E-state index in [1.165, 1.54) is 12.8 Å². The Kier molecular flexibility index (Phi) is 2.71. The van der Waals surface area contributed by atoms with Crippen molar-refractivity contribution in [3.8, 4) is 0 Å². The van der Waals surface area contributed by atoms with Crippen molar-refractivity contribution < 1.29 is 5.21 Å². The number of anilines is 1. The van der Waals surface area contributed by atoms with Gasteiger partial charge in [0.25, 0.3) is 0 Å². The summed E-state index contributed by atoms with van der Waals surface area (Å²) in [5, 5.41) is 16.8. The van der Waals surface area contributed by atoms with E-state index in [1.807, 2.05) is 24.3 Å². The monoisotopic (exact) mass is 250 g/mol. The molecule has 2 saturated carbocycles. The van der Waals surface area contributed by atoms with Crippen LogP contribution < -0.4 is 5.32 Å². The summed E-state index contributed by atoms with van der Waals surface area (Å²) in [5.41, 5.74) is 1.96. The molecule has 2 aliphatic rings. The van der Waals surface area contributed by atoms with E-state index < -0.39 is 0 Å². The van der Waals surface area contributed by atoms with Crippen molar-refractivity contribution in [1.82, 2.24) is 0 Å². The lowest BCUT2D eigenvalue weighted by atomic mass is 9.93. The number of fused-ring (bicyclic) bond motifs is 2. The first-order valence-corrected chi connectivity index (χ1v) is 6.39. The van der Waals surface area contributed by atoms with Gasteiger partial charge in [-0.1, -0.05) is 16.8 Å². The third-order valence-corrected chi connectivity index (χ3v) is 4.22. The molecule has 1 aromatic rings. The molecule has 3 atom stereocenters. The maximum atomic E-state index is 9.11. The molecule has 2 fully saturated rings. The molecule has 2 bridgehead atoms. The summed E-state index contributed by atoms with van der Waals surface area (Å²) < 4.78 is 0. The summed E-state index contributed by atoms with van der Waals surface area (Å²) in [6.07, 6.45) is 3.56. The van der Waals surface area contributed by atoms with Gasteiger partial charge >= 0.3 is 0 Å². The molecule has 1 aromatic carbocycles. The number of oxime groups is 1. The van der Waals surface area contributed by atoms with Gasteiger partial charge in [0.2, 0.25) is 0 Å². The van der Waals surface area contributed by atoms with E-state index in [9.17, 15) is 0 Å².